The number of Topliss-reactive ketones (excluding diaryl/α,β-unsaturated/α-hetero) is 1. The minimum atomic E-state index is -0.166. The third kappa shape index (κ3) is 3.34. The maximum Gasteiger partial charge on any atom is 0.153 e. The second-order valence-electron chi connectivity index (χ2n) is 6.44. The summed E-state index contributed by atoms with van der Waals surface area (Å²) in [6.07, 6.45) is 7.63. The average molecular weight is 253 g/mol. The summed E-state index contributed by atoms with van der Waals surface area (Å²) in [5, 5.41) is 0. The Kier molecular flexibility index (Phi) is 5.84. The van der Waals surface area contributed by atoms with Gasteiger partial charge in [0.2, 0.25) is 0 Å². The van der Waals surface area contributed by atoms with E-state index in [0.717, 1.165) is 32.1 Å². The first-order valence-electron chi connectivity index (χ1n) is 7.67. The molecular formula is C16H31NO. The molecule has 2 nitrogen and oxygen atoms in total. The maximum absolute atomic E-state index is 12.8. The molecule has 0 spiro atoms. The lowest BCUT2D eigenvalue weighted by molar-refractivity contribution is -0.134. The van der Waals surface area contributed by atoms with Crippen molar-refractivity contribution in [2.75, 3.05) is 14.1 Å². The Morgan fingerprint density at radius 1 is 1.33 bits per heavy atom. The van der Waals surface area contributed by atoms with Gasteiger partial charge in [-0.1, -0.05) is 46.5 Å². The molecule has 1 aliphatic rings. The highest BCUT2D eigenvalue weighted by Crippen LogP contribution is 2.38. The summed E-state index contributed by atoms with van der Waals surface area (Å²) in [7, 11) is 4.17. The smallest absolute Gasteiger partial charge is 0.153 e. The fourth-order valence-corrected chi connectivity index (χ4v) is 3.46. The molecule has 0 radical (unpaired) electrons. The lowest BCUT2D eigenvalue weighted by atomic mass is 9.71. The van der Waals surface area contributed by atoms with Crippen molar-refractivity contribution in [1.82, 2.24) is 4.90 Å². The van der Waals surface area contributed by atoms with Crippen LogP contribution in [0.2, 0.25) is 0 Å². The van der Waals surface area contributed by atoms with Crippen LogP contribution in [0.3, 0.4) is 0 Å². The third-order valence-electron chi connectivity index (χ3n) is 4.98. The first-order valence-corrected chi connectivity index (χ1v) is 7.67. The van der Waals surface area contributed by atoms with E-state index < -0.39 is 0 Å². The zero-order valence-corrected chi connectivity index (χ0v) is 13.0. The molecule has 0 amide bonds. The van der Waals surface area contributed by atoms with Gasteiger partial charge in [-0.05, 0) is 38.8 Å². The van der Waals surface area contributed by atoms with E-state index >= 15 is 0 Å². The first kappa shape index (κ1) is 15.7. The van der Waals surface area contributed by atoms with Crippen LogP contribution in [0.5, 0.6) is 0 Å². The summed E-state index contributed by atoms with van der Waals surface area (Å²) < 4.78 is 0. The second kappa shape index (κ2) is 6.70. The van der Waals surface area contributed by atoms with Gasteiger partial charge in [0.1, 0.15) is 0 Å². The number of carbonyl (C=O) groups is 1. The number of ketones is 1. The second-order valence-corrected chi connectivity index (χ2v) is 6.44. The summed E-state index contributed by atoms with van der Waals surface area (Å²) in [6, 6.07) is 0. The standard InChI is InChI=1S/C16H31NO/c1-6-14(7-2)11-15(18)16(17(4)5)10-8-9-13(3)12-16/h13-14H,6-12H2,1-5H3. The van der Waals surface area contributed by atoms with Gasteiger partial charge in [0, 0.05) is 6.42 Å². The minimum Gasteiger partial charge on any atom is -0.298 e. The molecule has 0 aliphatic heterocycles. The number of likely N-dealkylation sites (N-methyl/N-ethyl adjacent to an activating group) is 1. The quantitative estimate of drug-likeness (QED) is 0.715. The molecule has 1 saturated carbocycles. The molecule has 1 fully saturated rings. The van der Waals surface area contributed by atoms with Crippen LogP contribution >= 0.6 is 0 Å². The van der Waals surface area contributed by atoms with Gasteiger partial charge in [0.15, 0.2) is 5.78 Å². The van der Waals surface area contributed by atoms with E-state index in [9.17, 15) is 4.79 Å². The number of carbonyl (C=O) groups excluding carboxylic acids is 1. The van der Waals surface area contributed by atoms with Gasteiger partial charge in [0.25, 0.3) is 0 Å². The topological polar surface area (TPSA) is 20.3 Å². The van der Waals surface area contributed by atoms with Crippen molar-refractivity contribution in [3.8, 4) is 0 Å². The van der Waals surface area contributed by atoms with Crippen molar-refractivity contribution in [3.05, 3.63) is 0 Å². The Balaban J connectivity index is 2.80. The molecule has 0 bridgehead atoms. The van der Waals surface area contributed by atoms with E-state index in [4.69, 9.17) is 0 Å². The molecule has 2 unspecified atom stereocenters. The fraction of sp³-hybridized carbons (Fsp3) is 0.938. The highest BCUT2D eigenvalue weighted by Gasteiger charge is 2.43. The molecule has 1 aliphatic carbocycles. The van der Waals surface area contributed by atoms with E-state index in [1.165, 1.54) is 12.8 Å². The Labute approximate surface area is 113 Å². The number of rotatable bonds is 6. The zero-order valence-electron chi connectivity index (χ0n) is 13.0. The summed E-state index contributed by atoms with van der Waals surface area (Å²) in [4.78, 5) is 15.0. The molecule has 0 aromatic rings. The van der Waals surface area contributed by atoms with Gasteiger partial charge in [-0.3, -0.25) is 9.69 Å². The zero-order chi connectivity index (χ0) is 13.8. The largest absolute Gasteiger partial charge is 0.298 e. The van der Waals surface area contributed by atoms with Crippen LogP contribution in [-0.2, 0) is 4.79 Å². The van der Waals surface area contributed by atoms with Gasteiger partial charge in [-0.15, -0.1) is 0 Å². The normalized spacial score (nSPS) is 28.9. The van der Waals surface area contributed by atoms with Crippen LogP contribution in [0.4, 0.5) is 0 Å². The Hall–Kier alpha value is -0.370. The summed E-state index contributed by atoms with van der Waals surface area (Å²) in [5.41, 5.74) is -0.166. The molecule has 0 saturated heterocycles. The van der Waals surface area contributed by atoms with Crippen molar-refractivity contribution < 1.29 is 4.79 Å². The number of hydrogen-bond donors (Lipinski definition) is 0. The molecule has 0 heterocycles. The van der Waals surface area contributed by atoms with Gasteiger partial charge in [-0.2, -0.15) is 0 Å². The molecule has 0 aromatic carbocycles. The van der Waals surface area contributed by atoms with Crippen molar-refractivity contribution >= 4 is 5.78 Å². The maximum atomic E-state index is 12.8. The molecule has 1 rings (SSSR count). The van der Waals surface area contributed by atoms with E-state index in [2.05, 4.69) is 39.8 Å². The van der Waals surface area contributed by atoms with E-state index in [-0.39, 0.29) is 5.54 Å². The first-order chi connectivity index (χ1) is 8.46. The van der Waals surface area contributed by atoms with Crippen LogP contribution < -0.4 is 0 Å². The van der Waals surface area contributed by atoms with E-state index in [0.29, 0.717) is 17.6 Å². The van der Waals surface area contributed by atoms with Crippen LogP contribution in [-0.4, -0.2) is 30.3 Å². The van der Waals surface area contributed by atoms with Gasteiger partial charge >= 0.3 is 0 Å². The van der Waals surface area contributed by atoms with Crippen LogP contribution in [0, 0.1) is 11.8 Å². The van der Waals surface area contributed by atoms with Crippen LogP contribution in [0.25, 0.3) is 0 Å². The molecule has 0 N–H and O–H groups in total. The SMILES string of the molecule is CCC(CC)CC(=O)C1(N(C)C)CCCC(C)C1. The van der Waals surface area contributed by atoms with Crippen molar-refractivity contribution in [1.29, 1.82) is 0 Å². The van der Waals surface area contributed by atoms with Gasteiger partial charge < -0.3 is 0 Å². The average Bonchev–Trinajstić information content (AvgIpc) is 2.35. The van der Waals surface area contributed by atoms with E-state index in [1.807, 2.05) is 0 Å². The summed E-state index contributed by atoms with van der Waals surface area (Å²) in [5.74, 6) is 1.76. The fourth-order valence-electron chi connectivity index (χ4n) is 3.46. The van der Waals surface area contributed by atoms with Crippen LogP contribution in [0.15, 0.2) is 0 Å². The predicted molar refractivity (Wildman–Crippen MR) is 77.7 cm³/mol. The molecular weight excluding hydrogens is 222 g/mol. The third-order valence-corrected chi connectivity index (χ3v) is 4.98. The minimum absolute atomic E-state index is 0.166. The summed E-state index contributed by atoms with van der Waals surface area (Å²) >= 11 is 0. The monoisotopic (exact) mass is 253 g/mol. The Bertz CT molecular complexity index is 270. The van der Waals surface area contributed by atoms with Crippen molar-refractivity contribution in [2.24, 2.45) is 11.8 Å². The molecule has 2 heteroatoms. The van der Waals surface area contributed by atoms with Crippen molar-refractivity contribution in [3.63, 3.8) is 0 Å². The lowest BCUT2D eigenvalue weighted by Crippen LogP contribution is -2.54. The Morgan fingerprint density at radius 3 is 2.39 bits per heavy atom. The van der Waals surface area contributed by atoms with Crippen LogP contribution in [0.1, 0.15) is 65.7 Å². The molecule has 0 aromatic heterocycles. The predicted octanol–water partition coefficient (Wildman–Crippen LogP) is 3.89. The van der Waals surface area contributed by atoms with Crippen molar-refractivity contribution in [2.45, 2.75) is 71.3 Å². The Morgan fingerprint density at radius 2 is 1.94 bits per heavy atom. The van der Waals surface area contributed by atoms with Gasteiger partial charge in [-0.25, -0.2) is 0 Å². The number of nitrogens with zero attached hydrogens (tertiary/aromatic N) is 1. The highest BCUT2D eigenvalue weighted by molar-refractivity contribution is 5.88. The van der Waals surface area contributed by atoms with E-state index in [1.54, 1.807) is 0 Å². The number of hydrogen-bond acceptors (Lipinski definition) is 2. The highest BCUT2D eigenvalue weighted by atomic mass is 16.1. The summed E-state index contributed by atoms with van der Waals surface area (Å²) in [6.45, 7) is 6.70. The molecule has 2 atom stereocenters. The molecule has 18 heavy (non-hydrogen) atoms. The van der Waals surface area contributed by atoms with Gasteiger partial charge in [0.05, 0.1) is 5.54 Å². The lowest BCUT2D eigenvalue weighted by Gasteiger charge is -2.44. The molecule has 106 valence electrons.